The molecule has 2 atom stereocenters. The molecule has 14 heteroatoms. The maximum absolute atomic E-state index is 12.8. The van der Waals surface area contributed by atoms with Crippen LogP contribution < -0.4 is 21.3 Å². The first-order valence-electron chi connectivity index (χ1n) is 9.43. The first-order chi connectivity index (χ1) is 14.7. The number of urea groups is 1. The number of nitrogens with zero attached hydrogens (tertiary/aromatic N) is 3. The lowest BCUT2D eigenvalue weighted by Crippen LogP contribution is -2.63. The fourth-order valence-electron chi connectivity index (χ4n) is 2.93. The van der Waals surface area contributed by atoms with Crippen LogP contribution in [-0.4, -0.2) is 82.6 Å². The maximum atomic E-state index is 12.8. The zero-order valence-electron chi connectivity index (χ0n) is 16.8. The molecule has 3 heterocycles. The van der Waals surface area contributed by atoms with E-state index in [2.05, 4.69) is 26.3 Å². The molecule has 1 aromatic rings. The maximum Gasteiger partial charge on any atom is 0.325 e. The van der Waals surface area contributed by atoms with E-state index >= 15 is 0 Å². The highest BCUT2D eigenvalue weighted by Crippen LogP contribution is 2.22. The van der Waals surface area contributed by atoms with Crippen LogP contribution in [0, 0.1) is 0 Å². The number of nitrogens with one attached hydrogen (secondary N) is 4. The Morgan fingerprint density at radius 2 is 2.00 bits per heavy atom. The number of amides is 7. The van der Waals surface area contributed by atoms with Gasteiger partial charge in [-0.15, -0.1) is 11.3 Å². The zero-order chi connectivity index (χ0) is 22.7. The first kappa shape index (κ1) is 22.1. The molecule has 2 aliphatic heterocycles. The highest BCUT2D eigenvalue weighted by Gasteiger charge is 2.38. The Labute approximate surface area is 180 Å². The molecule has 0 bridgehead atoms. The Kier molecular flexibility index (Phi) is 6.48. The van der Waals surface area contributed by atoms with E-state index in [9.17, 15) is 28.8 Å². The SMILES string of the molecule is CCN1CCN(C(=O)NC(C(=O)NC2CNC2=O)c2csc(NC(C)=O)n2)C(=O)C1=O. The van der Waals surface area contributed by atoms with Crippen LogP contribution >= 0.6 is 11.3 Å². The monoisotopic (exact) mass is 451 g/mol. The van der Waals surface area contributed by atoms with Crippen molar-refractivity contribution < 1.29 is 28.8 Å². The molecule has 2 fully saturated rings. The van der Waals surface area contributed by atoms with E-state index in [0.717, 1.165) is 16.2 Å². The number of thiazole rings is 1. The molecule has 2 aliphatic rings. The number of β-lactam (4-membered cyclic amide) rings is 1. The summed E-state index contributed by atoms with van der Waals surface area (Å²) < 4.78 is 0. The van der Waals surface area contributed by atoms with Crippen LogP contribution in [0.5, 0.6) is 0 Å². The number of anilines is 1. The molecule has 166 valence electrons. The summed E-state index contributed by atoms with van der Waals surface area (Å²) in [5.74, 6) is -3.26. The van der Waals surface area contributed by atoms with Crippen LogP contribution in [0.3, 0.4) is 0 Å². The van der Waals surface area contributed by atoms with Crippen LogP contribution in [0.25, 0.3) is 0 Å². The molecular weight excluding hydrogens is 430 g/mol. The Morgan fingerprint density at radius 1 is 1.26 bits per heavy atom. The van der Waals surface area contributed by atoms with Crippen molar-refractivity contribution in [1.82, 2.24) is 30.7 Å². The van der Waals surface area contributed by atoms with Crippen molar-refractivity contribution >= 4 is 52.0 Å². The largest absolute Gasteiger partial charge is 0.352 e. The number of likely N-dealkylation sites (N-methyl/N-ethyl adjacent to an activating group) is 1. The molecule has 0 radical (unpaired) electrons. The van der Waals surface area contributed by atoms with Gasteiger partial charge in [0, 0.05) is 38.5 Å². The Balaban J connectivity index is 1.78. The number of rotatable bonds is 6. The molecular formula is C17H21N7O6S. The van der Waals surface area contributed by atoms with Gasteiger partial charge in [-0.2, -0.15) is 0 Å². The van der Waals surface area contributed by atoms with Crippen LogP contribution in [0.4, 0.5) is 9.93 Å². The molecule has 3 rings (SSSR count). The standard InChI is InChI=1S/C17H21N7O6S/c1-3-23-4-5-24(15(29)14(23)28)17(30)22-11(13(27)20-9-6-18-12(9)26)10-7-31-16(21-10)19-8(2)25/h7,9,11H,3-6H2,1-2H3,(H,18,26)(H,20,27)(H,22,30)(H,19,21,25). The average Bonchev–Trinajstić information content (AvgIpc) is 3.17. The normalized spacial score (nSPS) is 19.3. The predicted octanol–water partition coefficient (Wildman–Crippen LogP) is -1.84. The smallest absolute Gasteiger partial charge is 0.325 e. The van der Waals surface area contributed by atoms with Crippen molar-refractivity contribution in [2.24, 2.45) is 0 Å². The zero-order valence-corrected chi connectivity index (χ0v) is 17.6. The second-order valence-electron chi connectivity index (χ2n) is 6.79. The number of piperazine rings is 1. The molecule has 1 aromatic heterocycles. The minimum atomic E-state index is -1.35. The third-order valence-electron chi connectivity index (χ3n) is 4.68. The summed E-state index contributed by atoms with van der Waals surface area (Å²) in [5.41, 5.74) is 0.102. The van der Waals surface area contributed by atoms with Gasteiger partial charge in [-0.05, 0) is 6.92 Å². The van der Waals surface area contributed by atoms with Crippen molar-refractivity contribution in [2.75, 3.05) is 31.5 Å². The first-order valence-corrected chi connectivity index (χ1v) is 10.3. The predicted molar refractivity (Wildman–Crippen MR) is 107 cm³/mol. The van der Waals surface area contributed by atoms with E-state index in [0.29, 0.717) is 6.54 Å². The van der Waals surface area contributed by atoms with Gasteiger partial charge in [0.05, 0.1) is 5.69 Å². The molecule has 31 heavy (non-hydrogen) atoms. The fraction of sp³-hybridized carbons (Fsp3) is 0.471. The van der Waals surface area contributed by atoms with Gasteiger partial charge in [0.2, 0.25) is 17.7 Å². The lowest BCUT2D eigenvalue weighted by molar-refractivity contribution is -0.153. The summed E-state index contributed by atoms with van der Waals surface area (Å²) in [6, 6.07) is -3.05. The van der Waals surface area contributed by atoms with Crippen LogP contribution in [0.2, 0.25) is 0 Å². The van der Waals surface area contributed by atoms with Crippen molar-refractivity contribution in [3.05, 3.63) is 11.1 Å². The third-order valence-corrected chi connectivity index (χ3v) is 5.46. The van der Waals surface area contributed by atoms with Gasteiger partial charge in [0.25, 0.3) is 0 Å². The second kappa shape index (κ2) is 9.07. The summed E-state index contributed by atoms with van der Waals surface area (Å²) >= 11 is 1.03. The quantitative estimate of drug-likeness (QED) is 0.291. The summed E-state index contributed by atoms with van der Waals surface area (Å²) in [4.78, 5) is 78.8. The number of hydrogen-bond acceptors (Lipinski definition) is 8. The summed E-state index contributed by atoms with van der Waals surface area (Å²) in [6.45, 7) is 3.73. The van der Waals surface area contributed by atoms with Crippen molar-refractivity contribution in [2.45, 2.75) is 25.9 Å². The Morgan fingerprint density at radius 3 is 2.58 bits per heavy atom. The molecule has 2 unspecified atom stereocenters. The molecule has 7 amide bonds. The summed E-state index contributed by atoms with van der Waals surface area (Å²) in [6.07, 6.45) is 0. The average molecular weight is 451 g/mol. The highest BCUT2D eigenvalue weighted by atomic mass is 32.1. The van der Waals surface area contributed by atoms with E-state index in [1.807, 2.05) is 0 Å². The molecule has 13 nitrogen and oxygen atoms in total. The third kappa shape index (κ3) is 4.79. The number of carbonyl (C=O) groups excluding carboxylic acids is 6. The van der Waals surface area contributed by atoms with Gasteiger partial charge >= 0.3 is 17.8 Å². The number of aromatic nitrogens is 1. The number of imide groups is 1. The lowest BCUT2D eigenvalue weighted by Gasteiger charge is -2.33. The topological polar surface area (TPSA) is 170 Å². The van der Waals surface area contributed by atoms with E-state index in [1.54, 1.807) is 6.92 Å². The number of hydrogen-bond donors (Lipinski definition) is 4. The fourth-order valence-corrected chi connectivity index (χ4v) is 3.71. The molecule has 0 saturated carbocycles. The van der Waals surface area contributed by atoms with E-state index in [-0.39, 0.29) is 42.3 Å². The lowest BCUT2D eigenvalue weighted by atomic mass is 10.1. The van der Waals surface area contributed by atoms with Gasteiger partial charge < -0.3 is 26.2 Å². The summed E-state index contributed by atoms with van der Waals surface area (Å²) in [5, 5.41) is 11.5. The molecule has 0 spiro atoms. The van der Waals surface area contributed by atoms with Crippen molar-refractivity contribution in [3.8, 4) is 0 Å². The molecule has 0 aliphatic carbocycles. The van der Waals surface area contributed by atoms with E-state index in [4.69, 9.17) is 0 Å². The second-order valence-corrected chi connectivity index (χ2v) is 7.65. The van der Waals surface area contributed by atoms with E-state index in [1.165, 1.54) is 17.2 Å². The van der Waals surface area contributed by atoms with Gasteiger partial charge in [0.15, 0.2) is 11.2 Å². The van der Waals surface area contributed by atoms with Gasteiger partial charge in [-0.25, -0.2) is 9.78 Å². The Bertz CT molecular complexity index is 947. The Hall–Kier alpha value is -3.55. The minimum absolute atomic E-state index is 0.0299. The molecule has 0 aromatic carbocycles. The van der Waals surface area contributed by atoms with Crippen LogP contribution in [0.15, 0.2) is 5.38 Å². The molecule has 2 saturated heterocycles. The molecule has 4 N–H and O–H groups in total. The van der Waals surface area contributed by atoms with Crippen molar-refractivity contribution in [3.63, 3.8) is 0 Å². The van der Waals surface area contributed by atoms with Crippen molar-refractivity contribution in [1.29, 1.82) is 0 Å². The minimum Gasteiger partial charge on any atom is -0.352 e. The number of carbonyl (C=O) groups is 6. The highest BCUT2D eigenvalue weighted by molar-refractivity contribution is 7.14. The van der Waals surface area contributed by atoms with Crippen LogP contribution in [-0.2, 0) is 24.0 Å². The van der Waals surface area contributed by atoms with Gasteiger partial charge in [-0.3, -0.25) is 28.9 Å². The summed E-state index contributed by atoms with van der Waals surface area (Å²) in [7, 11) is 0. The van der Waals surface area contributed by atoms with Gasteiger partial charge in [-0.1, -0.05) is 0 Å². The van der Waals surface area contributed by atoms with Crippen LogP contribution in [0.1, 0.15) is 25.6 Å². The van der Waals surface area contributed by atoms with E-state index < -0.39 is 35.8 Å². The van der Waals surface area contributed by atoms with Gasteiger partial charge in [0.1, 0.15) is 6.04 Å².